The second kappa shape index (κ2) is 6.86. The highest BCUT2D eigenvalue weighted by Crippen LogP contribution is 2.55. The van der Waals surface area contributed by atoms with E-state index in [0.29, 0.717) is 30.3 Å². The summed E-state index contributed by atoms with van der Waals surface area (Å²) in [6.45, 7) is 2.66. The van der Waals surface area contributed by atoms with Gasteiger partial charge in [-0.3, -0.25) is 9.59 Å². The van der Waals surface area contributed by atoms with Crippen LogP contribution >= 0.6 is 11.6 Å². The number of ketones is 2. The van der Waals surface area contributed by atoms with E-state index in [0.717, 1.165) is 0 Å². The predicted molar refractivity (Wildman–Crippen MR) is 95.0 cm³/mol. The lowest BCUT2D eigenvalue weighted by Gasteiger charge is -2.39. The second-order valence-electron chi connectivity index (χ2n) is 7.08. The molecule has 8 nitrogen and oxygen atoms in total. The standard InChI is InChI=1S/C18H23ClN2O6/c1-9-14(23)13-12(15(24)16(9)27-6-5-26-4-3-19)10(8-22)18(25-2)17-11(20-17)7-21(13)18/h10-11,17,20,22H,3-8H2,1-2H3. The van der Waals surface area contributed by atoms with Gasteiger partial charge in [0.15, 0.2) is 11.5 Å². The van der Waals surface area contributed by atoms with E-state index in [9.17, 15) is 14.7 Å². The molecule has 0 bridgehead atoms. The van der Waals surface area contributed by atoms with Crippen LogP contribution < -0.4 is 5.32 Å². The minimum atomic E-state index is -0.908. The summed E-state index contributed by atoms with van der Waals surface area (Å²) in [6, 6.07) is 0.191. The Hall–Kier alpha value is -1.45. The van der Waals surface area contributed by atoms with Crippen LogP contribution in [-0.2, 0) is 23.8 Å². The fourth-order valence-corrected chi connectivity index (χ4v) is 4.76. The van der Waals surface area contributed by atoms with E-state index >= 15 is 0 Å². The number of hydrogen-bond donors (Lipinski definition) is 2. The van der Waals surface area contributed by atoms with Crippen LogP contribution in [0.5, 0.6) is 0 Å². The van der Waals surface area contributed by atoms with Gasteiger partial charge in [-0.15, -0.1) is 11.6 Å². The first-order chi connectivity index (χ1) is 13.0. The van der Waals surface area contributed by atoms with Crippen LogP contribution in [-0.4, -0.2) is 85.3 Å². The van der Waals surface area contributed by atoms with Crippen LogP contribution in [0.4, 0.5) is 0 Å². The number of nitrogens with zero attached hydrogens (tertiary/aromatic N) is 1. The van der Waals surface area contributed by atoms with Crippen molar-refractivity contribution in [3.05, 3.63) is 22.6 Å². The van der Waals surface area contributed by atoms with E-state index in [2.05, 4.69) is 5.32 Å². The Balaban J connectivity index is 1.62. The molecule has 0 aromatic carbocycles. The number of alkyl halides is 1. The van der Waals surface area contributed by atoms with Crippen molar-refractivity contribution in [1.29, 1.82) is 0 Å². The first-order valence-corrected chi connectivity index (χ1v) is 9.57. The molecule has 3 heterocycles. The van der Waals surface area contributed by atoms with Crippen molar-refractivity contribution in [2.45, 2.75) is 24.7 Å². The molecular weight excluding hydrogens is 376 g/mol. The molecular formula is C18H23ClN2O6. The fraction of sp³-hybridized carbons (Fsp3) is 0.667. The number of Topliss-reactive ketones (excluding diaryl/α,β-unsaturated/α-hetero) is 2. The maximum absolute atomic E-state index is 13.2. The number of rotatable bonds is 8. The molecule has 0 aromatic rings. The molecule has 0 saturated carbocycles. The molecule has 1 aliphatic carbocycles. The third-order valence-corrected chi connectivity index (χ3v) is 6.01. The second-order valence-corrected chi connectivity index (χ2v) is 7.46. The van der Waals surface area contributed by atoms with Gasteiger partial charge in [0.05, 0.1) is 37.5 Å². The van der Waals surface area contributed by atoms with Gasteiger partial charge < -0.3 is 29.5 Å². The molecule has 0 spiro atoms. The van der Waals surface area contributed by atoms with Gasteiger partial charge in [-0.1, -0.05) is 0 Å². The number of methoxy groups -OCH3 is 1. The fourth-order valence-electron chi connectivity index (χ4n) is 4.65. The van der Waals surface area contributed by atoms with Crippen molar-refractivity contribution >= 4 is 23.2 Å². The average molecular weight is 399 g/mol. The van der Waals surface area contributed by atoms with Crippen molar-refractivity contribution in [3.63, 3.8) is 0 Å². The number of aliphatic hydroxyl groups excluding tert-OH is 1. The third-order valence-electron chi connectivity index (χ3n) is 5.86. The number of carbonyl (C=O) groups excluding carboxylic acids is 2. The number of ether oxygens (including phenoxy) is 3. The summed E-state index contributed by atoms with van der Waals surface area (Å²) in [6.07, 6.45) is 0. The van der Waals surface area contributed by atoms with Crippen molar-refractivity contribution in [2.75, 3.05) is 46.0 Å². The Bertz CT molecular complexity index is 750. The molecule has 4 atom stereocenters. The molecule has 0 aromatic heterocycles. The first-order valence-electron chi connectivity index (χ1n) is 9.03. The van der Waals surface area contributed by atoms with Crippen molar-refractivity contribution in [3.8, 4) is 0 Å². The highest BCUT2D eigenvalue weighted by atomic mass is 35.5. The van der Waals surface area contributed by atoms with Crippen LogP contribution in [0.25, 0.3) is 0 Å². The van der Waals surface area contributed by atoms with Crippen LogP contribution in [0.2, 0.25) is 0 Å². The van der Waals surface area contributed by atoms with Gasteiger partial charge in [-0.25, -0.2) is 0 Å². The quantitative estimate of drug-likeness (QED) is 0.245. The zero-order valence-corrected chi connectivity index (χ0v) is 16.0. The molecule has 0 radical (unpaired) electrons. The molecule has 2 N–H and O–H groups in total. The Morgan fingerprint density at radius 1 is 1.30 bits per heavy atom. The summed E-state index contributed by atoms with van der Waals surface area (Å²) in [7, 11) is 1.55. The van der Waals surface area contributed by atoms with Gasteiger partial charge in [0.1, 0.15) is 6.61 Å². The Morgan fingerprint density at radius 2 is 2.07 bits per heavy atom. The summed E-state index contributed by atoms with van der Waals surface area (Å²) in [5.74, 6) is -0.822. The highest BCUT2D eigenvalue weighted by Gasteiger charge is 2.72. The van der Waals surface area contributed by atoms with Crippen LogP contribution in [0.1, 0.15) is 6.92 Å². The summed E-state index contributed by atoms with van der Waals surface area (Å²) in [5.41, 5.74) is -0.000609. The molecule has 2 fully saturated rings. The van der Waals surface area contributed by atoms with Crippen LogP contribution in [0, 0.1) is 5.92 Å². The first kappa shape index (κ1) is 18.9. The predicted octanol–water partition coefficient (Wildman–Crippen LogP) is -0.441. The van der Waals surface area contributed by atoms with E-state index in [1.807, 2.05) is 4.90 Å². The number of piperazine rings is 1. The van der Waals surface area contributed by atoms with Gasteiger partial charge >= 0.3 is 0 Å². The number of nitrogens with one attached hydrogen (secondary N) is 1. The molecule has 148 valence electrons. The third kappa shape index (κ3) is 2.51. The lowest BCUT2D eigenvalue weighted by atomic mass is 9.83. The zero-order valence-electron chi connectivity index (χ0n) is 15.3. The minimum absolute atomic E-state index is 0.0144. The van der Waals surface area contributed by atoms with Gasteiger partial charge in [-0.05, 0) is 6.92 Å². The number of hydrogen-bond acceptors (Lipinski definition) is 8. The van der Waals surface area contributed by atoms with E-state index in [-0.39, 0.29) is 54.8 Å². The van der Waals surface area contributed by atoms with Crippen LogP contribution in [0.3, 0.4) is 0 Å². The largest absolute Gasteiger partial charge is 0.487 e. The summed E-state index contributed by atoms with van der Waals surface area (Å²) in [5, 5.41) is 13.4. The lowest BCUT2D eigenvalue weighted by Crippen LogP contribution is -2.54. The van der Waals surface area contributed by atoms with Crippen molar-refractivity contribution < 1.29 is 28.9 Å². The maximum atomic E-state index is 13.2. The number of aliphatic hydroxyl groups is 1. The van der Waals surface area contributed by atoms with Gasteiger partial charge in [-0.2, -0.15) is 0 Å². The monoisotopic (exact) mass is 398 g/mol. The average Bonchev–Trinajstić information content (AvgIpc) is 3.27. The minimum Gasteiger partial charge on any atom is -0.487 e. The molecule has 2 saturated heterocycles. The number of carbonyl (C=O) groups is 2. The summed E-state index contributed by atoms with van der Waals surface area (Å²) in [4.78, 5) is 28.1. The zero-order chi connectivity index (χ0) is 19.3. The number of fused-ring (bicyclic) bond motifs is 4. The highest BCUT2D eigenvalue weighted by molar-refractivity contribution is 6.25. The molecule has 4 rings (SSSR count). The molecule has 4 aliphatic rings. The van der Waals surface area contributed by atoms with Crippen LogP contribution in [0.15, 0.2) is 22.6 Å². The maximum Gasteiger partial charge on any atom is 0.226 e. The normalized spacial score (nSPS) is 34.2. The van der Waals surface area contributed by atoms with Gasteiger partial charge in [0.25, 0.3) is 0 Å². The number of allylic oxidation sites excluding steroid dienone is 2. The number of halogens is 1. The molecule has 9 heteroatoms. The lowest BCUT2D eigenvalue weighted by molar-refractivity contribution is -0.137. The molecule has 3 aliphatic heterocycles. The topological polar surface area (TPSA) is 107 Å². The SMILES string of the molecule is COC12C(CO)C3=C(C(=O)C(C)=C(OCCOCCCl)C3=O)N1CC1NC12. The summed E-state index contributed by atoms with van der Waals surface area (Å²) < 4.78 is 16.7. The van der Waals surface area contributed by atoms with Gasteiger partial charge in [0.2, 0.25) is 11.6 Å². The van der Waals surface area contributed by atoms with E-state index in [4.69, 9.17) is 25.8 Å². The smallest absolute Gasteiger partial charge is 0.226 e. The van der Waals surface area contributed by atoms with E-state index in [1.54, 1.807) is 14.0 Å². The molecule has 4 unspecified atom stereocenters. The van der Waals surface area contributed by atoms with Crippen molar-refractivity contribution in [2.24, 2.45) is 5.92 Å². The van der Waals surface area contributed by atoms with Crippen molar-refractivity contribution in [1.82, 2.24) is 10.2 Å². The molecule has 0 amide bonds. The molecule has 27 heavy (non-hydrogen) atoms. The van der Waals surface area contributed by atoms with Gasteiger partial charge in [0, 0.05) is 36.7 Å². The van der Waals surface area contributed by atoms with E-state index < -0.39 is 11.6 Å². The van der Waals surface area contributed by atoms with E-state index in [1.165, 1.54) is 0 Å². The Morgan fingerprint density at radius 3 is 2.74 bits per heavy atom. The Kier molecular flexibility index (Phi) is 4.80. The summed E-state index contributed by atoms with van der Waals surface area (Å²) >= 11 is 5.55. The Labute approximate surface area is 162 Å².